The molecule has 3 aromatic heterocycles. The Morgan fingerprint density at radius 1 is 0.803 bits per heavy atom. The van der Waals surface area contributed by atoms with E-state index in [0.717, 1.165) is 52.8 Å². The standard InChI is InChI=1S/C53H53N7O6/c1-34-9-15-45(16-10-34)66-53(64)58-20-18-37-27-47(48(28-40(37)31-58)51(62)59-32-39-8-6-5-7-36(39)25-43(59)33-57-21-23-65-24-22-57)49-29-46(35(2)56(49)4)52(63)60(41-11-13-44(61)14-12-41)42-26-38-17-19-55(3)50(38)54-30-42/h5-17,19,26-30,43,61H,18,20-25,31-33H2,1-4H3/t43-/m0/s1. The normalized spacial score (nSPS) is 16.2. The van der Waals surface area contributed by atoms with Crippen molar-refractivity contribution in [2.75, 3.05) is 44.3 Å². The number of carbonyl (C=O) groups is 3. The second kappa shape index (κ2) is 17.6. The number of phenolic OH excluding ortho intramolecular Hbond substituents is 1. The van der Waals surface area contributed by atoms with Crippen molar-refractivity contribution in [3.63, 3.8) is 0 Å². The number of amides is 3. The van der Waals surface area contributed by atoms with Crippen molar-refractivity contribution in [2.45, 2.75) is 45.8 Å². The summed E-state index contributed by atoms with van der Waals surface area (Å²) in [5.41, 5.74) is 10.3. The lowest BCUT2D eigenvalue weighted by Crippen LogP contribution is -2.52. The number of phenols is 1. The monoisotopic (exact) mass is 883 g/mol. The lowest BCUT2D eigenvalue weighted by Gasteiger charge is -2.41. The number of hydrogen-bond acceptors (Lipinski definition) is 8. The van der Waals surface area contributed by atoms with Gasteiger partial charge in [0.2, 0.25) is 0 Å². The van der Waals surface area contributed by atoms with Crippen LogP contribution in [-0.4, -0.2) is 97.3 Å². The van der Waals surface area contributed by atoms with Crippen LogP contribution in [0.2, 0.25) is 0 Å². The summed E-state index contributed by atoms with van der Waals surface area (Å²) in [5.74, 6) is 0.161. The number of hydrogen-bond donors (Lipinski definition) is 1. The molecule has 13 nitrogen and oxygen atoms in total. The van der Waals surface area contributed by atoms with Crippen LogP contribution in [0.15, 0.2) is 116 Å². The maximum atomic E-state index is 15.6. The third-order valence-electron chi connectivity index (χ3n) is 13.6. The van der Waals surface area contributed by atoms with Gasteiger partial charge in [0.1, 0.15) is 17.1 Å². The first-order chi connectivity index (χ1) is 32.0. The topological polar surface area (TPSA) is 126 Å². The van der Waals surface area contributed by atoms with Crippen molar-refractivity contribution in [1.82, 2.24) is 28.8 Å². The summed E-state index contributed by atoms with van der Waals surface area (Å²) >= 11 is 0. The first-order valence-corrected chi connectivity index (χ1v) is 22.6. The van der Waals surface area contributed by atoms with Crippen molar-refractivity contribution in [1.29, 1.82) is 0 Å². The van der Waals surface area contributed by atoms with Gasteiger partial charge in [-0.05, 0) is 116 Å². The number of ether oxygens (including phenoxy) is 2. The van der Waals surface area contributed by atoms with E-state index in [1.165, 1.54) is 5.56 Å². The summed E-state index contributed by atoms with van der Waals surface area (Å²) in [6.45, 7) is 8.69. The second-order valence-corrected chi connectivity index (χ2v) is 17.8. The van der Waals surface area contributed by atoms with Gasteiger partial charge in [-0.15, -0.1) is 0 Å². The molecule has 336 valence electrons. The summed E-state index contributed by atoms with van der Waals surface area (Å²) in [5, 5.41) is 11.1. The Kier molecular flexibility index (Phi) is 11.4. The number of benzene rings is 4. The minimum absolute atomic E-state index is 0.0845. The van der Waals surface area contributed by atoms with Gasteiger partial charge in [-0.1, -0.05) is 42.0 Å². The number of carbonyl (C=O) groups excluding carboxylic acids is 3. The average Bonchev–Trinajstić information content (AvgIpc) is 3.86. The molecule has 1 fully saturated rings. The number of rotatable bonds is 8. The lowest BCUT2D eigenvalue weighted by molar-refractivity contribution is 0.0193. The molecule has 66 heavy (non-hydrogen) atoms. The van der Waals surface area contributed by atoms with Gasteiger partial charge >= 0.3 is 6.09 Å². The van der Waals surface area contributed by atoms with Gasteiger partial charge in [0, 0.05) is 99.2 Å². The SMILES string of the molecule is Cc1ccc(OC(=O)N2CCc3cc(-c4cc(C(=O)N(c5ccc(O)cc5)c5cnc6c(ccn6C)c5)c(C)n4C)c(C(=O)N4Cc5ccccc5C[C@H]4CN4CCOCC4)cc3C2)cc1. The summed E-state index contributed by atoms with van der Waals surface area (Å²) in [6, 6.07) is 32.1. The van der Waals surface area contributed by atoms with Crippen LogP contribution in [0, 0.1) is 13.8 Å². The lowest BCUT2D eigenvalue weighted by atomic mass is 9.89. The Labute approximate surface area is 384 Å². The molecule has 0 unspecified atom stereocenters. The minimum atomic E-state index is -0.444. The predicted molar refractivity (Wildman–Crippen MR) is 253 cm³/mol. The van der Waals surface area contributed by atoms with Gasteiger partial charge in [0.05, 0.1) is 30.7 Å². The van der Waals surface area contributed by atoms with Crippen molar-refractivity contribution in [2.24, 2.45) is 14.1 Å². The molecule has 1 N–H and O–H groups in total. The molecule has 0 radical (unpaired) electrons. The van der Waals surface area contributed by atoms with Crippen LogP contribution in [0.3, 0.4) is 0 Å². The number of aromatic hydroxyl groups is 1. The molecule has 10 rings (SSSR count). The van der Waals surface area contributed by atoms with Gasteiger partial charge in [0.15, 0.2) is 0 Å². The van der Waals surface area contributed by atoms with Gasteiger partial charge in [-0.2, -0.15) is 0 Å². The molecule has 3 aliphatic heterocycles. The van der Waals surface area contributed by atoms with Crippen LogP contribution in [0.25, 0.3) is 22.3 Å². The fourth-order valence-electron chi connectivity index (χ4n) is 9.70. The Morgan fingerprint density at radius 3 is 2.33 bits per heavy atom. The van der Waals surface area contributed by atoms with E-state index in [4.69, 9.17) is 14.5 Å². The third kappa shape index (κ3) is 8.20. The zero-order valence-corrected chi connectivity index (χ0v) is 37.7. The van der Waals surface area contributed by atoms with E-state index in [9.17, 15) is 9.90 Å². The zero-order chi connectivity index (χ0) is 45.6. The number of aryl methyl sites for hydroxylation is 2. The Balaban J connectivity index is 1.06. The van der Waals surface area contributed by atoms with E-state index < -0.39 is 6.09 Å². The first kappa shape index (κ1) is 42.7. The molecule has 4 aromatic carbocycles. The first-order valence-electron chi connectivity index (χ1n) is 22.6. The highest BCUT2D eigenvalue weighted by molar-refractivity contribution is 6.13. The van der Waals surface area contributed by atoms with Crippen LogP contribution >= 0.6 is 0 Å². The number of aromatic nitrogens is 3. The van der Waals surface area contributed by atoms with Gasteiger partial charge in [-0.25, -0.2) is 9.78 Å². The van der Waals surface area contributed by atoms with E-state index in [1.807, 2.05) is 90.6 Å². The molecule has 0 aliphatic carbocycles. The molecule has 3 aliphatic rings. The fraction of sp³-hybridized carbons (Fsp3) is 0.283. The van der Waals surface area contributed by atoms with Crippen LogP contribution < -0.4 is 9.64 Å². The zero-order valence-electron chi connectivity index (χ0n) is 37.7. The third-order valence-corrected chi connectivity index (χ3v) is 13.6. The molecule has 1 saturated heterocycles. The summed E-state index contributed by atoms with van der Waals surface area (Å²) < 4.78 is 15.4. The summed E-state index contributed by atoms with van der Waals surface area (Å²) in [6.07, 6.45) is 4.45. The average molecular weight is 884 g/mol. The number of fused-ring (bicyclic) bond motifs is 3. The van der Waals surface area contributed by atoms with Crippen molar-refractivity contribution >= 4 is 40.3 Å². The van der Waals surface area contributed by atoms with E-state index in [0.29, 0.717) is 84.5 Å². The van der Waals surface area contributed by atoms with Crippen LogP contribution in [0.1, 0.15) is 54.2 Å². The molecule has 7 aromatic rings. The molecule has 0 saturated carbocycles. The molecule has 13 heteroatoms. The molecule has 3 amide bonds. The smallest absolute Gasteiger partial charge is 0.415 e. The molecule has 1 atom stereocenters. The molecular formula is C53H53N7O6. The van der Waals surface area contributed by atoms with Gasteiger partial charge < -0.3 is 33.5 Å². The minimum Gasteiger partial charge on any atom is -0.508 e. The van der Waals surface area contributed by atoms with E-state index in [1.54, 1.807) is 52.4 Å². The fourth-order valence-corrected chi connectivity index (χ4v) is 9.70. The largest absolute Gasteiger partial charge is 0.508 e. The van der Waals surface area contributed by atoms with E-state index in [2.05, 4.69) is 29.2 Å². The Hall–Kier alpha value is -7.22. The van der Waals surface area contributed by atoms with Gasteiger partial charge in [-0.3, -0.25) is 19.4 Å². The predicted octanol–water partition coefficient (Wildman–Crippen LogP) is 8.34. The van der Waals surface area contributed by atoms with Crippen LogP contribution in [0.4, 0.5) is 16.2 Å². The number of anilines is 2. The molecule has 0 bridgehead atoms. The number of pyridine rings is 1. The highest BCUT2D eigenvalue weighted by Gasteiger charge is 2.36. The molecule has 0 spiro atoms. The Bertz CT molecular complexity index is 2990. The maximum absolute atomic E-state index is 15.6. The van der Waals surface area contributed by atoms with Crippen LogP contribution in [-0.2, 0) is 44.8 Å². The van der Waals surface area contributed by atoms with Crippen molar-refractivity contribution in [3.05, 3.63) is 160 Å². The van der Waals surface area contributed by atoms with Crippen molar-refractivity contribution in [3.8, 4) is 22.8 Å². The highest BCUT2D eigenvalue weighted by atomic mass is 16.6. The number of morpholine rings is 1. The molecular weight excluding hydrogens is 831 g/mol. The van der Waals surface area contributed by atoms with Gasteiger partial charge in [0.25, 0.3) is 11.8 Å². The number of nitrogens with zero attached hydrogens (tertiary/aromatic N) is 7. The summed E-state index contributed by atoms with van der Waals surface area (Å²) in [4.78, 5) is 56.9. The van der Waals surface area contributed by atoms with E-state index >= 15 is 9.59 Å². The summed E-state index contributed by atoms with van der Waals surface area (Å²) in [7, 11) is 3.86. The quantitative estimate of drug-likeness (QED) is 0.162. The van der Waals surface area contributed by atoms with Crippen molar-refractivity contribution < 1.29 is 29.0 Å². The highest BCUT2D eigenvalue weighted by Crippen LogP contribution is 2.38. The maximum Gasteiger partial charge on any atom is 0.415 e. The second-order valence-electron chi connectivity index (χ2n) is 17.8. The van der Waals surface area contributed by atoms with E-state index in [-0.39, 0.29) is 30.2 Å². The van der Waals surface area contributed by atoms with Crippen LogP contribution in [0.5, 0.6) is 11.5 Å². The Morgan fingerprint density at radius 2 is 1.56 bits per heavy atom. The molecule has 6 heterocycles.